The number of ketones is 1. The average Bonchev–Trinajstić information content (AvgIpc) is 3.06. The number of rotatable bonds is 4. The van der Waals surface area contributed by atoms with Gasteiger partial charge in [-0.25, -0.2) is 0 Å². The number of anilines is 1. The van der Waals surface area contributed by atoms with Crippen molar-refractivity contribution in [2.75, 3.05) is 12.0 Å². The highest BCUT2D eigenvalue weighted by Gasteiger charge is 2.47. The molecule has 168 valence electrons. The summed E-state index contributed by atoms with van der Waals surface area (Å²) in [6, 6.07) is 15.7. The Kier molecular flexibility index (Phi) is 6.39. The molecule has 5 nitrogen and oxygen atoms in total. The first-order chi connectivity index (χ1) is 15.7. The molecule has 1 N–H and O–H groups in total. The second-order valence-corrected chi connectivity index (χ2v) is 8.75. The van der Waals surface area contributed by atoms with Crippen LogP contribution in [0.15, 0.2) is 66.2 Å². The maximum absolute atomic E-state index is 13.2. The highest BCUT2D eigenvalue weighted by molar-refractivity contribution is 6.52. The average molecular weight is 503 g/mol. The number of benzene rings is 3. The Morgan fingerprint density at radius 1 is 0.939 bits per heavy atom. The van der Waals surface area contributed by atoms with Gasteiger partial charge in [-0.15, -0.1) is 0 Å². The van der Waals surface area contributed by atoms with Crippen molar-refractivity contribution in [1.82, 2.24) is 0 Å². The SMILES string of the molecule is COc1ccc(Cl)c(/C(O)=C2\C(=O)C(=O)N(c3cccc(C)c3)C2c2ccc(Cl)c(Cl)c2)c1. The number of aliphatic hydroxyl groups excluding tert-OH is 1. The molecule has 1 aliphatic rings. The molecule has 1 unspecified atom stereocenters. The van der Waals surface area contributed by atoms with Crippen LogP contribution >= 0.6 is 34.8 Å². The van der Waals surface area contributed by atoms with E-state index < -0.39 is 23.5 Å². The molecule has 4 rings (SSSR count). The van der Waals surface area contributed by atoms with Crippen LogP contribution in [0.4, 0.5) is 5.69 Å². The molecule has 33 heavy (non-hydrogen) atoms. The third-order valence-corrected chi connectivity index (χ3v) is 6.48. The number of Topliss-reactive ketones (excluding diaryl/α,β-unsaturated/α-hetero) is 1. The fourth-order valence-electron chi connectivity index (χ4n) is 3.83. The van der Waals surface area contributed by atoms with E-state index in [1.54, 1.807) is 48.5 Å². The minimum absolute atomic E-state index is 0.116. The van der Waals surface area contributed by atoms with E-state index in [0.29, 0.717) is 22.0 Å². The second-order valence-electron chi connectivity index (χ2n) is 7.53. The summed E-state index contributed by atoms with van der Waals surface area (Å²) in [5, 5.41) is 12.0. The number of aryl methyl sites for hydroxylation is 1. The number of halogens is 3. The van der Waals surface area contributed by atoms with Crippen LogP contribution in [0.5, 0.6) is 5.75 Å². The van der Waals surface area contributed by atoms with E-state index in [1.807, 2.05) is 13.0 Å². The third kappa shape index (κ3) is 4.20. The molecule has 1 heterocycles. The smallest absolute Gasteiger partial charge is 0.300 e. The molecule has 1 aliphatic heterocycles. The third-order valence-electron chi connectivity index (χ3n) is 5.41. The first kappa shape index (κ1) is 23.2. The normalized spacial score (nSPS) is 17.5. The molecule has 0 bridgehead atoms. The van der Waals surface area contributed by atoms with Crippen LogP contribution in [-0.4, -0.2) is 23.9 Å². The van der Waals surface area contributed by atoms with Gasteiger partial charge in [-0.2, -0.15) is 0 Å². The van der Waals surface area contributed by atoms with Crippen molar-refractivity contribution < 1.29 is 19.4 Å². The van der Waals surface area contributed by atoms with E-state index in [0.717, 1.165) is 5.56 Å². The summed E-state index contributed by atoms with van der Waals surface area (Å²) in [6.45, 7) is 1.88. The summed E-state index contributed by atoms with van der Waals surface area (Å²) in [5.74, 6) is -1.61. The quantitative estimate of drug-likeness (QED) is 0.248. The summed E-state index contributed by atoms with van der Waals surface area (Å²) in [4.78, 5) is 27.8. The topological polar surface area (TPSA) is 66.8 Å². The number of amides is 1. The van der Waals surface area contributed by atoms with E-state index in [-0.39, 0.29) is 21.2 Å². The van der Waals surface area contributed by atoms with Crippen molar-refractivity contribution in [3.05, 3.63) is 98.0 Å². The molecule has 1 atom stereocenters. The van der Waals surface area contributed by atoms with Crippen LogP contribution in [0, 0.1) is 6.92 Å². The molecule has 0 aromatic heterocycles. The van der Waals surface area contributed by atoms with Crippen LogP contribution in [0.2, 0.25) is 15.1 Å². The predicted octanol–water partition coefficient (Wildman–Crippen LogP) is 6.59. The largest absolute Gasteiger partial charge is 0.507 e. The summed E-state index contributed by atoms with van der Waals surface area (Å²) < 4.78 is 5.23. The van der Waals surface area contributed by atoms with E-state index in [9.17, 15) is 14.7 Å². The van der Waals surface area contributed by atoms with Gasteiger partial charge in [0.25, 0.3) is 11.7 Å². The second kappa shape index (κ2) is 9.10. The van der Waals surface area contributed by atoms with Crippen LogP contribution in [0.1, 0.15) is 22.7 Å². The van der Waals surface area contributed by atoms with Crippen molar-refractivity contribution in [1.29, 1.82) is 0 Å². The Balaban J connectivity index is 2.00. The molecule has 8 heteroatoms. The first-order valence-corrected chi connectivity index (χ1v) is 11.0. The molecule has 0 radical (unpaired) electrons. The lowest BCUT2D eigenvalue weighted by Crippen LogP contribution is -2.29. The van der Waals surface area contributed by atoms with Crippen LogP contribution < -0.4 is 9.64 Å². The minimum atomic E-state index is -0.955. The zero-order valence-corrected chi connectivity index (χ0v) is 19.9. The number of ether oxygens (including phenoxy) is 1. The summed E-state index contributed by atoms with van der Waals surface area (Å²) in [5.41, 5.74) is 1.96. The van der Waals surface area contributed by atoms with Crippen LogP contribution in [-0.2, 0) is 9.59 Å². The van der Waals surface area contributed by atoms with Gasteiger partial charge in [-0.1, -0.05) is 53.0 Å². The van der Waals surface area contributed by atoms with Crippen molar-refractivity contribution >= 4 is 57.9 Å². The monoisotopic (exact) mass is 501 g/mol. The number of hydrogen-bond donors (Lipinski definition) is 1. The fraction of sp³-hybridized carbons (Fsp3) is 0.120. The summed E-state index contributed by atoms with van der Waals surface area (Å²) >= 11 is 18.7. The number of aliphatic hydroxyl groups is 1. The Labute approximate surface area is 205 Å². The van der Waals surface area contributed by atoms with Gasteiger partial charge in [-0.3, -0.25) is 14.5 Å². The highest BCUT2D eigenvalue weighted by Crippen LogP contribution is 2.44. The Morgan fingerprint density at radius 2 is 1.67 bits per heavy atom. The van der Waals surface area contributed by atoms with Gasteiger partial charge in [0.15, 0.2) is 0 Å². The maximum atomic E-state index is 13.2. The Bertz CT molecular complexity index is 1320. The zero-order chi connectivity index (χ0) is 23.9. The number of carbonyl (C=O) groups excluding carboxylic acids is 2. The highest BCUT2D eigenvalue weighted by atomic mass is 35.5. The van der Waals surface area contributed by atoms with Crippen LogP contribution in [0.3, 0.4) is 0 Å². The minimum Gasteiger partial charge on any atom is -0.507 e. The van der Waals surface area contributed by atoms with Crippen LogP contribution in [0.25, 0.3) is 5.76 Å². The van der Waals surface area contributed by atoms with Gasteiger partial charge in [0, 0.05) is 11.3 Å². The molecule has 0 saturated carbocycles. The number of hydrogen-bond acceptors (Lipinski definition) is 4. The lowest BCUT2D eigenvalue weighted by Gasteiger charge is -2.26. The molecule has 1 amide bonds. The van der Waals surface area contributed by atoms with Gasteiger partial charge in [0.05, 0.1) is 33.8 Å². The molecule has 0 spiro atoms. The van der Waals surface area contributed by atoms with Gasteiger partial charge in [-0.05, 0) is 60.5 Å². The Morgan fingerprint density at radius 3 is 2.33 bits per heavy atom. The van der Waals surface area contributed by atoms with Gasteiger partial charge >= 0.3 is 0 Å². The summed E-state index contributed by atoms with van der Waals surface area (Å²) in [6.07, 6.45) is 0. The van der Waals surface area contributed by atoms with E-state index in [1.165, 1.54) is 18.1 Å². The first-order valence-electron chi connectivity index (χ1n) is 9.89. The maximum Gasteiger partial charge on any atom is 0.300 e. The molecule has 1 fully saturated rings. The predicted molar refractivity (Wildman–Crippen MR) is 130 cm³/mol. The molecule has 1 saturated heterocycles. The van der Waals surface area contributed by atoms with Gasteiger partial charge < -0.3 is 9.84 Å². The number of methoxy groups -OCH3 is 1. The zero-order valence-electron chi connectivity index (χ0n) is 17.6. The number of carbonyl (C=O) groups is 2. The fourth-order valence-corrected chi connectivity index (χ4v) is 4.35. The van der Waals surface area contributed by atoms with Crippen molar-refractivity contribution in [3.8, 4) is 5.75 Å². The lowest BCUT2D eigenvalue weighted by atomic mass is 9.95. The molecule has 0 aliphatic carbocycles. The van der Waals surface area contributed by atoms with Crippen molar-refractivity contribution in [3.63, 3.8) is 0 Å². The summed E-state index contributed by atoms with van der Waals surface area (Å²) in [7, 11) is 1.47. The van der Waals surface area contributed by atoms with Crippen molar-refractivity contribution in [2.24, 2.45) is 0 Å². The molecular formula is C25H18Cl3NO4. The van der Waals surface area contributed by atoms with Gasteiger partial charge in [0.2, 0.25) is 0 Å². The molecular weight excluding hydrogens is 485 g/mol. The molecule has 3 aromatic rings. The van der Waals surface area contributed by atoms with Crippen molar-refractivity contribution in [2.45, 2.75) is 13.0 Å². The van der Waals surface area contributed by atoms with E-state index >= 15 is 0 Å². The Hall–Kier alpha value is -2.99. The van der Waals surface area contributed by atoms with Gasteiger partial charge in [0.1, 0.15) is 11.5 Å². The number of nitrogens with zero attached hydrogens (tertiary/aromatic N) is 1. The standard InChI is InChI=1S/C25H18Cl3NO4/c1-13-4-3-5-15(10-13)29-22(14-6-8-19(27)20(28)11-14)21(24(31)25(29)32)23(30)17-12-16(33-2)7-9-18(17)26/h3-12,22,30H,1-2H3/b23-21+. The van der Waals surface area contributed by atoms with E-state index in [2.05, 4.69) is 0 Å². The lowest BCUT2D eigenvalue weighted by molar-refractivity contribution is -0.132. The molecule has 3 aromatic carbocycles. The van der Waals surface area contributed by atoms with E-state index in [4.69, 9.17) is 39.5 Å².